The van der Waals surface area contributed by atoms with Crippen molar-refractivity contribution in [2.45, 2.75) is 245 Å². The molecule has 0 aromatic heterocycles. The van der Waals surface area contributed by atoms with Crippen LogP contribution in [0.15, 0.2) is 109 Å². The summed E-state index contributed by atoms with van der Waals surface area (Å²) in [6.45, 7) is 6.42. The van der Waals surface area contributed by atoms with Crippen molar-refractivity contribution in [1.82, 2.24) is 0 Å². The van der Waals surface area contributed by atoms with Gasteiger partial charge in [-0.1, -0.05) is 220 Å². The molecule has 0 aliphatic rings. The maximum atomic E-state index is 12.8. The molecule has 6 heteroatoms. The second kappa shape index (κ2) is 54.7. The first-order chi connectivity index (χ1) is 33.0. The SMILES string of the molecule is CC/C=C\C/C=C\C/C=C\C/C=C\CCCCCC(=O)OC(COC(=O)CCCCCCC\C=C/C=C\C=C/CCCCCCC)COC(=O)CCCCCCCC/C=C\C=C/CCCCC. The van der Waals surface area contributed by atoms with Crippen LogP contribution in [0.25, 0.3) is 0 Å². The van der Waals surface area contributed by atoms with Crippen LogP contribution in [-0.4, -0.2) is 37.2 Å². The standard InChI is InChI=1S/C61H100O6/c1-4-7-10-13-16-19-22-25-28-30-31-34-36-39-42-45-48-51-54-60(63)66-57-58(56-65-59(62)53-50-47-44-41-38-35-32-27-24-21-18-15-12-9-6-3)67-61(64)55-52-49-46-43-40-37-33-29-26-23-20-17-14-11-8-5-2/h8,11,17-18,20-22,24-31,34,37,40,58H,4-7,9-10,12-16,19,23,32-33,35-36,38-39,41-57H2,1-3H3/b11-8-,20-17-,21-18-,25-22-,27-24-,29-26-,30-28-,34-31-,40-37-. The molecule has 380 valence electrons. The molecular weight excluding hydrogens is 829 g/mol. The van der Waals surface area contributed by atoms with Gasteiger partial charge in [0, 0.05) is 19.3 Å². The summed E-state index contributed by atoms with van der Waals surface area (Å²) >= 11 is 0. The molecule has 0 radical (unpaired) electrons. The van der Waals surface area contributed by atoms with E-state index in [9.17, 15) is 14.4 Å². The number of rotatable bonds is 48. The number of hydrogen-bond acceptors (Lipinski definition) is 6. The molecule has 0 rings (SSSR count). The molecule has 0 N–H and O–H groups in total. The van der Waals surface area contributed by atoms with Crippen molar-refractivity contribution in [1.29, 1.82) is 0 Å². The lowest BCUT2D eigenvalue weighted by Gasteiger charge is -2.18. The number of carbonyl (C=O) groups excluding carboxylic acids is 3. The molecule has 0 aliphatic carbocycles. The van der Waals surface area contributed by atoms with Gasteiger partial charge in [-0.25, -0.2) is 0 Å². The van der Waals surface area contributed by atoms with Crippen molar-refractivity contribution in [3.05, 3.63) is 109 Å². The molecule has 0 amide bonds. The second-order valence-corrected chi connectivity index (χ2v) is 17.8. The highest BCUT2D eigenvalue weighted by atomic mass is 16.6. The summed E-state index contributed by atoms with van der Waals surface area (Å²) in [6.07, 6.45) is 73.5. The number of carbonyl (C=O) groups is 3. The third-order valence-electron chi connectivity index (χ3n) is 11.3. The van der Waals surface area contributed by atoms with Crippen LogP contribution in [0, 0.1) is 0 Å². The summed E-state index contributed by atoms with van der Waals surface area (Å²) < 4.78 is 16.8. The summed E-state index contributed by atoms with van der Waals surface area (Å²) in [5.41, 5.74) is 0. The Morgan fingerprint density at radius 1 is 0.328 bits per heavy atom. The first-order valence-electron chi connectivity index (χ1n) is 27.4. The van der Waals surface area contributed by atoms with Crippen molar-refractivity contribution in [3.63, 3.8) is 0 Å². The molecule has 0 fully saturated rings. The van der Waals surface area contributed by atoms with E-state index in [0.717, 1.165) is 128 Å². The van der Waals surface area contributed by atoms with E-state index in [0.29, 0.717) is 12.8 Å². The quantitative estimate of drug-likeness (QED) is 0.0199. The van der Waals surface area contributed by atoms with Gasteiger partial charge in [-0.15, -0.1) is 0 Å². The maximum absolute atomic E-state index is 12.8. The normalized spacial score (nSPS) is 12.9. The van der Waals surface area contributed by atoms with Crippen LogP contribution in [0.1, 0.15) is 239 Å². The summed E-state index contributed by atoms with van der Waals surface area (Å²) in [4.78, 5) is 38.1. The molecule has 0 spiro atoms. The fraction of sp³-hybridized carbons (Fsp3) is 0.656. The molecule has 0 saturated heterocycles. The first-order valence-corrected chi connectivity index (χ1v) is 27.4. The minimum Gasteiger partial charge on any atom is -0.462 e. The Balaban J connectivity index is 4.52. The van der Waals surface area contributed by atoms with Gasteiger partial charge in [0.1, 0.15) is 13.2 Å². The van der Waals surface area contributed by atoms with Gasteiger partial charge in [-0.3, -0.25) is 14.4 Å². The van der Waals surface area contributed by atoms with Crippen molar-refractivity contribution in [2.24, 2.45) is 0 Å². The zero-order chi connectivity index (χ0) is 48.6. The summed E-state index contributed by atoms with van der Waals surface area (Å²) in [5.74, 6) is -0.970. The highest BCUT2D eigenvalue weighted by molar-refractivity contribution is 5.71. The van der Waals surface area contributed by atoms with Gasteiger partial charge in [-0.2, -0.15) is 0 Å². The van der Waals surface area contributed by atoms with Gasteiger partial charge in [0.05, 0.1) is 0 Å². The molecule has 0 aromatic rings. The van der Waals surface area contributed by atoms with Crippen molar-refractivity contribution in [3.8, 4) is 0 Å². The van der Waals surface area contributed by atoms with E-state index in [4.69, 9.17) is 14.2 Å². The molecule has 1 unspecified atom stereocenters. The van der Waals surface area contributed by atoms with Gasteiger partial charge in [0.25, 0.3) is 0 Å². The number of esters is 3. The summed E-state index contributed by atoms with van der Waals surface area (Å²) in [5, 5.41) is 0. The average Bonchev–Trinajstić information content (AvgIpc) is 3.33. The molecule has 6 nitrogen and oxygen atoms in total. The van der Waals surface area contributed by atoms with E-state index in [1.54, 1.807) is 0 Å². The van der Waals surface area contributed by atoms with E-state index in [-0.39, 0.29) is 37.5 Å². The van der Waals surface area contributed by atoms with Crippen LogP contribution in [0.3, 0.4) is 0 Å². The highest BCUT2D eigenvalue weighted by Crippen LogP contribution is 2.13. The number of allylic oxidation sites excluding steroid dienone is 18. The van der Waals surface area contributed by atoms with Crippen LogP contribution in [0.4, 0.5) is 0 Å². The minimum absolute atomic E-state index is 0.106. The predicted molar refractivity (Wildman–Crippen MR) is 288 cm³/mol. The third kappa shape index (κ3) is 52.9. The summed E-state index contributed by atoms with van der Waals surface area (Å²) in [7, 11) is 0. The third-order valence-corrected chi connectivity index (χ3v) is 11.3. The largest absolute Gasteiger partial charge is 0.462 e. The van der Waals surface area contributed by atoms with Gasteiger partial charge in [0.2, 0.25) is 0 Å². The van der Waals surface area contributed by atoms with E-state index in [1.807, 2.05) is 0 Å². The van der Waals surface area contributed by atoms with E-state index in [1.165, 1.54) is 70.6 Å². The van der Waals surface area contributed by atoms with Crippen LogP contribution in [0.5, 0.6) is 0 Å². The van der Waals surface area contributed by atoms with Gasteiger partial charge in [-0.05, 0) is 109 Å². The molecule has 0 aromatic carbocycles. The zero-order valence-electron chi connectivity index (χ0n) is 43.4. The fourth-order valence-electron chi connectivity index (χ4n) is 7.19. The molecule has 0 saturated carbocycles. The lowest BCUT2D eigenvalue weighted by atomic mass is 10.1. The maximum Gasteiger partial charge on any atom is 0.306 e. The van der Waals surface area contributed by atoms with Crippen LogP contribution in [0.2, 0.25) is 0 Å². The molecule has 0 heterocycles. The fourth-order valence-corrected chi connectivity index (χ4v) is 7.19. The number of hydrogen-bond donors (Lipinski definition) is 0. The Bertz CT molecular complexity index is 1390. The Labute approximate surface area is 412 Å². The van der Waals surface area contributed by atoms with Crippen molar-refractivity contribution < 1.29 is 28.6 Å². The first kappa shape index (κ1) is 63.1. The van der Waals surface area contributed by atoms with Crippen LogP contribution < -0.4 is 0 Å². The summed E-state index contributed by atoms with van der Waals surface area (Å²) in [6, 6.07) is 0. The molecular formula is C61H100O6. The Morgan fingerprint density at radius 2 is 0.642 bits per heavy atom. The smallest absolute Gasteiger partial charge is 0.306 e. The Morgan fingerprint density at radius 3 is 1.09 bits per heavy atom. The monoisotopic (exact) mass is 929 g/mol. The van der Waals surface area contributed by atoms with Gasteiger partial charge in [0.15, 0.2) is 6.10 Å². The van der Waals surface area contributed by atoms with E-state index < -0.39 is 6.10 Å². The minimum atomic E-state index is -0.811. The van der Waals surface area contributed by atoms with Crippen molar-refractivity contribution in [2.75, 3.05) is 13.2 Å². The Hall–Kier alpha value is -3.93. The lowest BCUT2D eigenvalue weighted by Crippen LogP contribution is -2.30. The lowest BCUT2D eigenvalue weighted by molar-refractivity contribution is -0.167. The van der Waals surface area contributed by atoms with Crippen molar-refractivity contribution >= 4 is 17.9 Å². The topological polar surface area (TPSA) is 78.9 Å². The van der Waals surface area contributed by atoms with Gasteiger partial charge >= 0.3 is 17.9 Å². The Kier molecular flexibility index (Phi) is 51.5. The molecule has 0 bridgehead atoms. The van der Waals surface area contributed by atoms with E-state index >= 15 is 0 Å². The second-order valence-electron chi connectivity index (χ2n) is 17.8. The van der Waals surface area contributed by atoms with Gasteiger partial charge < -0.3 is 14.2 Å². The highest BCUT2D eigenvalue weighted by Gasteiger charge is 2.19. The van der Waals surface area contributed by atoms with Crippen LogP contribution in [-0.2, 0) is 28.6 Å². The number of ether oxygens (including phenoxy) is 3. The number of unbranched alkanes of at least 4 members (excludes halogenated alkanes) is 22. The predicted octanol–water partition coefficient (Wildman–Crippen LogP) is 18.3. The van der Waals surface area contributed by atoms with E-state index in [2.05, 4.69) is 130 Å². The molecule has 1 atom stereocenters. The molecule has 0 aliphatic heterocycles. The average molecular weight is 929 g/mol. The molecule has 67 heavy (non-hydrogen) atoms. The van der Waals surface area contributed by atoms with Crippen LogP contribution >= 0.6 is 0 Å². The zero-order valence-corrected chi connectivity index (χ0v) is 43.4.